The highest BCUT2D eigenvalue weighted by Gasteiger charge is 2.63. The monoisotopic (exact) mass is 783 g/mol. The fraction of sp³-hybridized carbons (Fsp3) is 0.512. The predicted molar refractivity (Wildman–Crippen MR) is 203 cm³/mol. The van der Waals surface area contributed by atoms with Gasteiger partial charge in [0.2, 0.25) is 11.8 Å². The fourth-order valence-corrected chi connectivity index (χ4v) is 9.49. The van der Waals surface area contributed by atoms with Gasteiger partial charge in [-0.15, -0.1) is 0 Å². The van der Waals surface area contributed by atoms with Crippen molar-refractivity contribution in [3.63, 3.8) is 0 Å². The van der Waals surface area contributed by atoms with Gasteiger partial charge in [-0.1, -0.05) is 0 Å². The molecule has 3 amide bonds. The van der Waals surface area contributed by atoms with Crippen molar-refractivity contribution >= 4 is 40.1 Å². The molecule has 16 heteroatoms. The van der Waals surface area contributed by atoms with Crippen LogP contribution in [0.3, 0.4) is 0 Å². The van der Waals surface area contributed by atoms with Crippen molar-refractivity contribution in [3.8, 4) is 17.1 Å². The maximum Gasteiger partial charge on any atom is 0.269 e. The highest BCUT2D eigenvalue weighted by Crippen LogP contribution is 2.52. The number of fused-ring (bicyclic) bond motifs is 2. The van der Waals surface area contributed by atoms with E-state index < -0.39 is 40.9 Å². The van der Waals surface area contributed by atoms with Crippen LogP contribution in [-0.4, -0.2) is 111 Å². The number of nitrogens with zero attached hydrogens (tertiary/aromatic N) is 7. The van der Waals surface area contributed by atoms with E-state index in [2.05, 4.69) is 37.3 Å². The number of ether oxygens (including phenoxy) is 1. The number of nitrogens with one attached hydrogen (secondary N) is 2. The minimum atomic E-state index is -2.95. The summed E-state index contributed by atoms with van der Waals surface area (Å²) in [5.74, 6) is -3.12. The average molecular weight is 784 g/mol. The summed E-state index contributed by atoms with van der Waals surface area (Å²) in [7, 11) is 0. The Morgan fingerprint density at radius 3 is 2.49 bits per heavy atom. The molecule has 13 nitrogen and oxygen atoms in total. The minimum absolute atomic E-state index is 0.0239. The molecule has 1 spiro atoms. The third kappa shape index (κ3) is 6.26. The summed E-state index contributed by atoms with van der Waals surface area (Å²) >= 11 is 0. The number of carbonyl (C=O) groups excluding carboxylic acids is 3. The zero-order valence-corrected chi connectivity index (χ0v) is 31.7. The number of benzene rings is 2. The summed E-state index contributed by atoms with van der Waals surface area (Å²) in [5.41, 5.74) is 1.52. The summed E-state index contributed by atoms with van der Waals surface area (Å²) in [4.78, 5) is 53.3. The first-order valence-electron chi connectivity index (χ1n) is 19.9. The van der Waals surface area contributed by atoms with Crippen LogP contribution < -0.4 is 19.9 Å². The number of aromatic amines is 1. The van der Waals surface area contributed by atoms with E-state index in [1.54, 1.807) is 11.2 Å². The van der Waals surface area contributed by atoms with E-state index in [4.69, 9.17) is 4.74 Å². The molecule has 1 atom stereocenters. The van der Waals surface area contributed by atoms with Crippen molar-refractivity contribution in [2.45, 2.75) is 76.0 Å². The Morgan fingerprint density at radius 1 is 0.930 bits per heavy atom. The number of piperidine rings is 3. The lowest BCUT2D eigenvalue weighted by Crippen LogP contribution is -2.70. The normalized spacial score (nSPS) is 24.2. The SMILES string of the molecule is CC1(Oc2ccc3[nH]nc(-c4cc(N5CCC(CN6CCC7(CN(c8ccc9c(c8F)CN(C8CCC(=O)NC8=O)C9=O)C7)C(F)(F)C6)CC5)ncn4)c3c2)CC1. The number of halogens is 3. The molecule has 298 valence electrons. The van der Waals surface area contributed by atoms with Gasteiger partial charge in [0.25, 0.3) is 11.8 Å². The number of H-pyrrole nitrogens is 1. The molecule has 2 N–H and O–H groups in total. The fourth-order valence-electron chi connectivity index (χ4n) is 9.49. The van der Waals surface area contributed by atoms with E-state index in [0.717, 1.165) is 66.9 Å². The summed E-state index contributed by atoms with van der Waals surface area (Å²) < 4.78 is 54.1. The number of hydrogen-bond donors (Lipinski definition) is 2. The van der Waals surface area contributed by atoms with Crippen molar-refractivity contribution < 1.29 is 32.3 Å². The molecule has 7 heterocycles. The van der Waals surface area contributed by atoms with Gasteiger partial charge in [0.05, 0.1) is 35.4 Å². The lowest BCUT2D eigenvalue weighted by Gasteiger charge is -2.58. The molecule has 57 heavy (non-hydrogen) atoms. The molecule has 4 saturated heterocycles. The smallest absolute Gasteiger partial charge is 0.269 e. The molecule has 1 unspecified atom stereocenters. The summed E-state index contributed by atoms with van der Waals surface area (Å²) in [6.45, 7) is 4.37. The van der Waals surface area contributed by atoms with Gasteiger partial charge in [-0.05, 0) is 88.2 Å². The van der Waals surface area contributed by atoms with E-state index >= 15 is 13.2 Å². The maximum atomic E-state index is 16.0. The number of imide groups is 1. The number of hydrogen-bond acceptors (Lipinski definition) is 10. The van der Waals surface area contributed by atoms with Crippen LogP contribution in [0.2, 0.25) is 0 Å². The topological polar surface area (TPSA) is 140 Å². The van der Waals surface area contributed by atoms with Gasteiger partial charge in [0.15, 0.2) is 5.82 Å². The quantitative estimate of drug-likeness (QED) is 0.237. The lowest BCUT2D eigenvalue weighted by atomic mass is 9.68. The minimum Gasteiger partial charge on any atom is -0.488 e. The van der Waals surface area contributed by atoms with E-state index in [1.807, 2.05) is 29.2 Å². The van der Waals surface area contributed by atoms with Crippen LogP contribution in [0.4, 0.5) is 24.7 Å². The van der Waals surface area contributed by atoms with E-state index in [0.29, 0.717) is 25.2 Å². The number of aromatic nitrogens is 4. The Bertz CT molecular complexity index is 2300. The van der Waals surface area contributed by atoms with Crippen LogP contribution in [0.15, 0.2) is 42.7 Å². The summed E-state index contributed by atoms with van der Waals surface area (Å²) in [6.07, 6.45) is 5.94. The van der Waals surface area contributed by atoms with Crippen molar-refractivity contribution in [2.75, 3.05) is 55.6 Å². The van der Waals surface area contributed by atoms with Gasteiger partial charge < -0.3 is 19.4 Å². The Labute approximate surface area is 326 Å². The Hall–Kier alpha value is -5.25. The molecule has 2 aromatic heterocycles. The van der Waals surface area contributed by atoms with Crippen molar-refractivity contribution in [1.29, 1.82) is 0 Å². The van der Waals surface area contributed by atoms with Crippen LogP contribution >= 0.6 is 0 Å². The van der Waals surface area contributed by atoms with Gasteiger partial charge in [-0.25, -0.2) is 23.1 Å². The molecule has 10 rings (SSSR count). The first-order valence-corrected chi connectivity index (χ1v) is 19.9. The first kappa shape index (κ1) is 36.1. The van der Waals surface area contributed by atoms with Gasteiger partial charge in [0, 0.05) is 61.7 Å². The molecule has 5 fully saturated rings. The number of anilines is 2. The molecule has 1 aliphatic carbocycles. The first-order chi connectivity index (χ1) is 27.4. The molecule has 5 aliphatic heterocycles. The van der Waals surface area contributed by atoms with Crippen molar-refractivity contribution in [3.05, 3.63) is 59.7 Å². The molecule has 0 radical (unpaired) electrons. The average Bonchev–Trinajstić information content (AvgIpc) is 3.59. The molecule has 2 aromatic carbocycles. The van der Waals surface area contributed by atoms with Crippen LogP contribution in [-0.2, 0) is 16.1 Å². The van der Waals surface area contributed by atoms with E-state index in [9.17, 15) is 14.4 Å². The number of rotatable bonds is 8. The van der Waals surface area contributed by atoms with E-state index in [-0.39, 0.29) is 67.4 Å². The third-order valence-electron chi connectivity index (χ3n) is 13.3. The highest BCUT2D eigenvalue weighted by molar-refractivity contribution is 6.05. The van der Waals surface area contributed by atoms with Crippen LogP contribution in [0.5, 0.6) is 5.75 Å². The molecule has 4 aromatic rings. The summed E-state index contributed by atoms with van der Waals surface area (Å²) in [5, 5.41) is 10.9. The third-order valence-corrected chi connectivity index (χ3v) is 13.3. The van der Waals surface area contributed by atoms with Crippen molar-refractivity contribution in [2.24, 2.45) is 11.3 Å². The van der Waals surface area contributed by atoms with Crippen LogP contribution in [0.25, 0.3) is 22.3 Å². The molecular formula is C41H44F3N9O4. The largest absolute Gasteiger partial charge is 0.488 e. The molecule has 0 bridgehead atoms. The Kier molecular flexibility index (Phi) is 8.33. The lowest BCUT2D eigenvalue weighted by molar-refractivity contribution is -0.181. The second kappa shape index (κ2) is 13.1. The Balaban J connectivity index is 0.739. The molecule has 6 aliphatic rings. The zero-order valence-electron chi connectivity index (χ0n) is 31.7. The highest BCUT2D eigenvalue weighted by atomic mass is 19.3. The summed E-state index contributed by atoms with van der Waals surface area (Å²) in [6, 6.07) is 10.0. The van der Waals surface area contributed by atoms with Crippen LogP contribution in [0.1, 0.15) is 67.8 Å². The zero-order chi connectivity index (χ0) is 39.3. The second-order valence-corrected chi connectivity index (χ2v) is 17.2. The Morgan fingerprint density at radius 2 is 1.74 bits per heavy atom. The van der Waals surface area contributed by atoms with E-state index in [1.165, 1.54) is 17.0 Å². The number of alkyl halides is 2. The number of carbonyl (C=O) groups is 3. The molecule has 1 saturated carbocycles. The maximum absolute atomic E-state index is 16.0. The number of likely N-dealkylation sites (tertiary alicyclic amines) is 1. The number of amides is 3. The van der Waals surface area contributed by atoms with Crippen LogP contribution in [0, 0.1) is 17.2 Å². The molecular weight excluding hydrogens is 740 g/mol. The van der Waals surface area contributed by atoms with Gasteiger partial charge >= 0.3 is 0 Å². The predicted octanol–water partition coefficient (Wildman–Crippen LogP) is 4.92. The standard InChI is InChI=1S/C41H44F3N9O4/c1-39(10-11-39)57-25-2-4-29-27(16-25)36(49-48-29)30-17-33(46-23-45-30)51-13-8-24(9-14-51)18-50-15-12-40(41(43,44)22-50)20-52(21-40)31-5-3-26-28(35(31)42)19-53(38(26)56)32-6-7-34(54)47-37(32)55/h2-5,16-17,23-24,32H,6-15,18-22H2,1H3,(H,48,49)(H,47,54,55). The van der Waals surface area contributed by atoms with Gasteiger partial charge in [-0.3, -0.25) is 29.7 Å². The van der Waals surface area contributed by atoms with Crippen molar-refractivity contribution in [1.82, 2.24) is 35.3 Å². The van der Waals surface area contributed by atoms with Gasteiger partial charge in [0.1, 0.15) is 35.2 Å². The second-order valence-electron chi connectivity index (χ2n) is 17.2. The van der Waals surface area contributed by atoms with Gasteiger partial charge in [-0.2, -0.15) is 5.10 Å².